The minimum absolute atomic E-state index is 0. The maximum absolute atomic E-state index is 11.2. The number of nitrogens with one attached hydrogen (secondary N) is 2. The molecule has 1 heterocycles. The number of aromatic nitrogens is 1. The zero-order chi connectivity index (χ0) is 18.3. The normalized spacial score (nSPS) is 11.7. The lowest BCUT2D eigenvalue weighted by Crippen LogP contribution is -2.38. The second-order valence-electron chi connectivity index (χ2n) is 5.43. The number of halogens is 1. The summed E-state index contributed by atoms with van der Waals surface area (Å²) in [5.74, 6) is 0.733. The fourth-order valence-corrected chi connectivity index (χ4v) is 3.36. The fraction of sp³-hybridized carbons (Fsp3) is 0.375. The van der Waals surface area contributed by atoms with Crippen molar-refractivity contribution in [3.05, 3.63) is 45.9 Å². The van der Waals surface area contributed by atoms with Gasteiger partial charge in [0, 0.05) is 24.2 Å². The van der Waals surface area contributed by atoms with E-state index < -0.39 is 10.0 Å². The Balaban J connectivity index is 0.00000338. The number of sulfonamides is 1. The number of guanidine groups is 1. The van der Waals surface area contributed by atoms with E-state index in [9.17, 15) is 8.42 Å². The second kappa shape index (κ2) is 10.8. The van der Waals surface area contributed by atoms with Crippen LogP contribution in [0, 0.1) is 6.92 Å². The predicted octanol–water partition coefficient (Wildman–Crippen LogP) is 2.01. The lowest BCUT2D eigenvalue weighted by atomic mass is 10.1. The highest BCUT2D eigenvalue weighted by atomic mass is 127. The number of thiazole rings is 1. The summed E-state index contributed by atoms with van der Waals surface area (Å²) in [5.41, 5.74) is 1.02. The molecule has 2 aromatic rings. The highest BCUT2D eigenvalue weighted by Crippen LogP contribution is 2.12. The van der Waals surface area contributed by atoms with E-state index in [0.717, 1.165) is 29.5 Å². The molecule has 0 fully saturated rings. The molecule has 1 aromatic carbocycles. The molecule has 26 heavy (non-hydrogen) atoms. The summed E-state index contributed by atoms with van der Waals surface area (Å²) in [5, 5.41) is 12.5. The number of hydrogen-bond acceptors (Lipinski definition) is 5. The molecular weight excluding hydrogens is 485 g/mol. The maximum atomic E-state index is 11.2. The van der Waals surface area contributed by atoms with Gasteiger partial charge in [0.2, 0.25) is 10.0 Å². The number of primary sulfonamides is 1. The third-order valence-electron chi connectivity index (χ3n) is 3.34. The molecule has 0 aliphatic carbocycles. The molecule has 0 amide bonds. The molecule has 0 atom stereocenters. The third-order valence-corrected chi connectivity index (χ3v) is 5.17. The quantitative estimate of drug-likeness (QED) is 0.301. The van der Waals surface area contributed by atoms with E-state index >= 15 is 0 Å². The molecule has 1 aromatic heterocycles. The summed E-state index contributed by atoms with van der Waals surface area (Å²) in [6.07, 6.45) is 2.59. The Morgan fingerprint density at radius 3 is 2.50 bits per heavy atom. The molecule has 10 heteroatoms. The van der Waals surface area contributed by atoms with Crippen LogP contribution in [0.25, 0.3) is 0 Å². The first-order valence-electron chi connectivity index (χ1n) is 7.93. The van der Waals surface area contributed by atoms with Gasteiger partial charge in [-0.1, -0.05) is 12.1 Å². The number of nitrogens with zero attached hydrogens (tertiary/aromatic N) is 2. The van der Waals surface area contributed by atoms with Gasteiger partial charge >= 0.3 is 0 Å². The Kier molecular flexibility index (Phi) is 9.47. The number of aliphatic imine (C=N–C) groups is 1. The van der Waals surface area contributed by atoms with Gasteiger partial charge in [-0.15, -0.1) is 35.3 Å². The SMILES string of the molecule is CCNC(=NCc1ncc(C)s1)NCCc1ccc(S(N)(=O)=O)cc1.I. The Morgan fingerprint density at radius 1 is 1.27 bits per heavy atom. The molecule has 7 nitrogen and oxygen atoms in total. The van der Waals surface area contributed by atoms with E-state index in [1.807, 2.05) is 20.0 Å². The molecule has 2 rings (SSSR count). The average molecular weight is 509 g/mol. The Morgan fingerprint density at radius 2 is 1.96 bits per heavy atom. The summed E-state index contributed by atoms with van der Waals surface area (Å²) in [4.78, 5) is 10.1. The van der Waals surface area contributed by atoms with Crippen molar-refractivity contribution in [2.24, 2.45) is 10.1 Å². The summed E-state index contributed by atoms with van der Waals surface area (Å²) in [6, 6.07) is 6.58. The Bertz CT molecular complexity index is 819. The summed E-state index contributed by atoms with van der Waals surface area (Å²) in [7, 11) is -3.64. The lowest BCUT2D eigenvalue weighted by molar-refractivity contribution is 0.598. The molecule has 0 spiro atoms. The van der Waals surface area contributed by atoms with Crippen LogP contribution in [0.15, 0.2) is 40.4 Å². The molecule has 0 saturated carbocycles. The van der Waals surface area contributed by atoms with Gasteiger partial charge in [0.15, 0.2) is 5.96 Å². The van der Waals surface area contributed by atoms with Gasteiger partial charge in [-0.2, -0.15) is 0 Å². The number of hydrogen-bond donors (Lipinski definition) is 3. The number of benzene rings is 1. The molecule has 0 bridgehead atoms. The van der Waals surface area contributed by atoms with Crippen molar-refractivity contribution >= 4 is 51.3 Å². The van der Waals surface area contributed by atoms with Gasteiger partial charge in [0.25, 0.3) is 0 Å². The van der Waals surface area contributed by atoms with Crippen LogP contribution in [0.5, 0.6) is 0 Å². The van der Waals surface area contributed by atoms with Crippen LogP contribution < -0.4 is 15.8 Å². The first-order valence-corrected chi connectivity index (χ1v) is 10.3. The van der Waals surface area contributed by atoms with E-state index in [0.29, 0.717) is 13.1 Å². The zero-order valence-corrected chi connectivity index (χ0v) is 18.7. The van der Waals surface area contributed by atoms with Crippen molar-refractivity contribution in [1.29, 1.82) is 0 Å². The summed E-state index contributed by atoms with van der Waals surface area (Å²) >= 11 is 1.64. The smallest absolute Gasteiger partial charge is 0.238 e. The van der Waals surface area contributed by atoms with Crippen LogP contribution in [0.1, 0.15) is 22.4 Å². The fourth-order valence-electron chi connectivity index (χ4n) is 2.13. The molecule has 0 unspecified atom stereocenters. The minimum atomic E-state index is -3.64. The van der Waals surface area contributed by atoms with Gasteiger partial charge < -0.3 is 10.6 Å². The van der Waals surface area contributed by atoms with Crippen LogP contribution in [0.4, 0.5) is 0 Å². The van der Waals surface area contributed by atoms with Crippen LogP contribution >= 0.6 is 35.3 Å². The van der Waals surface area contributed by atoms with Crippen LogP contribution in [-0.4, -0.2) is 32.5 Å². The van der Waals surface area contributed by atoms with E-state index in [1.54, 1.807) is 23.5 Å². The number of nitrogens with two attached hydrogens (primary N) is 1. The molecule has 0 saturated heterocycles. The van der Waals surface area contributed by atoms with Gasteiger partial charge in [0.1, 0.15) is 5.01 Å². The standard InChI is InChI=1S/C16H23N5O2S2.HI/c1-3-18-16(21-11-15-20-10-12(2)24-15)19-9-8-13-4-6-14(7-5-13)25(17,22)23;/h4-7,10H,3,8-9,11H2,1-2H3,(H2,17,22,23)(H2,18,19,21);1H. The summed E-state index contributed by atoms with van der Waals surface area (Å²) < 4.78 is 22.5. The monoisotopic (exact) mass is 509 g/mol. The van der Waals surface area contributed by atoms with Gasteiger partial charge in [0.05, 0.1) is 11.4 Å². The van der Waals surface area contributed by atoms with Gasteiger partial charge in [-0.05, 0) is 38.0 Å². The van der Waals surface area contributed by atoms with Crippen molar-refractivity contribution in [3.8, 4) is 0 Å². The first-order chi connectivity index (χ1) is 11.9. The average Bonchev–Trinajstić information content (AvgIpc) is 2.98. The van der Waals surface area contributed by atoms with Crippen molar-refractivity contribution in [2.45, 2.75) is 31.7 Å². The van der Waals surface area contributed by atoms with Crippen LogP contribution in [0.2, 0.25) is 0 Å². The highest BCUT2D eigenvalue weighted by molar-refractivity contribution is 14.0. The topological polar surface area (TPSA) is 109 Å². The molecular formula is C16H24IN5O2S2. The predicted molar refractivity (Wildman–Crippen MR) is 117 cm³/mol. The molecule has 144 valence electrons. The van der Waals surface area contributed by atoms with Crippen molar-refractivity contribution < 1.29 is 8.42 Å². The molecule has 0 aliphatic rings. The maximum Gasteiger partial charge on any atom is 0.238 e. The van der Waals surface area contributed by atoms with Crippen molar-refractivity contribution in [1.82, 2.24) is 15.6 Å². The van der Waals surface area contributed by atoms with E-state index in [2.05, 4.69) is 20.6 Å². The minimum Gasteiger partial charge on any atom is -0.357 e. The lowest BCUT2D eigenvalue weighted by Gasteiger charge is -2.11. The zero-order valence-electron chi connectivity index (χ0n) is 14.7. The van der Waals surface area contributed by atoms with Gasteiger partial charge in [-0.3, -0.25) is 0 Å². The Hall–Kier alpha value is -1.24. The third kappa shape index (κ3) is 7.56. The molecule has 0 aliphatic heterocycles. The first kappa shape index (κ1) is 22.8. The van der Waals surface area contributed by atoms with Crippen molar-refractivity contribution in [3.63, 3.8) is 0 Å². The Labute approximate surface area is 175 Å². The molecule has 4 N–H and O–H groups in total. The number of aryl methyl sites for hydroxylation is 1. The largest absolute Gasteiger partial charge is 0.357 e. The van der Waals surface area contributed by atoms with E-state index in [1.165, 1.54) is 17.0 Å². The van der Waals surface area contributed by atoms with E-state index in [-0.39, 0.29) is 28.9 Å². The van der Waals surface area contributed by atoms with E-state index in [4.69, 9.17) is 5.14 Å². The molecule has 0 radical (unpaired) electrons. The van der Waals surface area contributed by atoms with Crippen molar-refractivity contribution in [2.75, 3.05) is 13.1 Å². The van der Waals surface area contributed by atoms with Crippen LogP contribution in [-0.2, 0) is 23.0 Å². The van der Waals surface area contributed by atoms with Gasteiger partial charge in [-0.25, -0.2) is 23.5 Å². The summed E-state index contributed by atoms with van der Waals surface area (Å²) in [6.45, 7) is 6.02. The number of rotatable bonds is 7. The second-order valence-corrected chi connectivity index (χ2v) is 8.31. The van der Waals surface area contributed by atoms with Crippen LogP contribution in [0.3, 0.4) is 0 Å². The highest BCUT2D eigenvalue weighted by Gasteiger charge is 2.06.